The molecule has 12 heteroatoms. The second-order valence-corrected chi connectivity index (χ2v) is 6.94. The predicted molar refractivity (Wildman–Crippen MR) is 99.6 cm³/mol. The summed E-state index contributed by atoms with van der Waals surface area (Å²) in [6.45, 7) is 0. The van der Waals surface area contributed by atoms with Gasteiger partial charge < -0.3 is 5.32 Å². The van der Waals surface area contributed by atoms with E-state index in [1.807, 2.05) is 17.5 Å². The van der Waals surface area contributed by atoms with Gasteiger partial charge in [0.15, 0.2) is 0 Å². The third-order valence-electron chi connectivity index (χ3n) is 4.42. The molecule has 1 atom stereocenters. The number of tetrazole rings is 1. The molecule has 4 aromatic rings. The lowest BCUT2D eigenvalue weighted by Crippen LogP contribution is -2.29. The first-order valence-electron chi connectivity index (χ1n) is 8.09. The number of nitro benzene ring substituents is 1. The largest absolute Gasteiger partial charge is 0.318 e. The number of non-ortho nitro benzene ring substituents is 1. The first-order chi connectivity index (χ1) is 13.6. The number of nitrogens with one attached hydrogen (secondary N) is 2. The fraction of sp³-hybridized carbons (Fsp3) is 0.0625. The highest BCUT2D eigenvalue weighted by atomic mass is 32.1. The molecule has 3 aromatic heterocycles. The molecule has 1 aromatic carbocycles. The quantitative estimate of drug-likeness (QED) is 0.349. The maximum Gasteiger partial charge on any atom is 0.288 e. The van der Waals surface area contributed by atoms with Gasteiger partial charge in [-0.15, -0.1) is 11.3 Å². The Balaban J connectivity index is 1.82. The summed E-state index contributed by atoms with van der Waals surface area (Å²) in [5.41, 5.74) is 1.43. The van der Waals surface area contributed by atoms with E-state index in [-0.39, 0.29) is 17.3 Å². The lowest BCUT2D eigenvalue weighted by Gasteiger charge is -2.27. The number of anilines is 2. The van der Waals surface area contributed by atoms with Crippen molar-refractivity contribution in [3.05, 3.63) is 73.4 Å². The molecular formula is C16H10N8O3S. The average Bonchev–Trinajstić information content (AvgIpc) is 3.39. The lowest BCUT2D eigenvalue weighted by molar-refractivity contribution is -0.384. The third kappa shape index (κ3) is 2.39. The van der Waals surface area contributed by atoms with E-state index in [2.05, 4.69) is 31.0 Å². The van der Waals surface area contributed by atoms with E-state index in [9.17, 15) is 14.9 Å². The molecule has 0 saturated carbocycles. The molecule has 4 heterocycles. The van der Waals surface area contributed by atoms with E-state index in [1.54, 1.807) is 12.1 Å². The molecule has 0 amide bonds. The number of hydrogen-bond donors (Lipinski definition) is 2. The zero-order valence-electron chi connectivity index (χ0n) is 13.9. The molecule has 1 aliphatic heterocycles. The number of thiophene rings is 1. The van der Waals surface area contributed by atoms with Gasteiger partial charge in [-0.05, 0) is 27.4 Å². The Morgan fingerprint density at radius 2 is 2.14 bits per heavy atom. The average molecular weight is 394 g/mol. The second kappa shape index (κ2) is 6.06. The maximum absolute atomic E-state index is 12.5. The van der Waals surface area contributed by atoms with E-state index in [1.165, 1.54) is 28.2 Å². The molecule has 0 fully saturated rings. The summed E-state index contributed by atoms with van der Waals surface area (Å²) in [6, 6.07) is 9.27. The van der Waals surface area contributed by atoms with Gasteiger partial charge in [0.2, 0.25) is 5.95 Å². The minimum atomic E-state index is -0.659. The monoisotopic (exact) mass is 394 g/mol. The van der Waals surface area contributed by atoms with Crippen LogP contribution in [-0.4, -0.2) is 35.3 Å². The van der Waals surface area contributed by atoms with Gasteiger partial charge in [-0.1, -0.05) is 23.3 Å². The molecule has 0 unspecified atom stereocenters. The van der Waals surface area contributed by atoms with Crippen molar-refractivity contribution in [2.24, 2.45) is 0 Å². The Morgan fingerprint density at radius 3 is 2.93 bits per heavy atom. The standard InChI is InChI=1S/C16H10N8O3S/c25-15-13-11(12(18-19-15)10-5-2-6-28-10)14(23-16(17-13)20-21-22-23)8-3-1-4-9(7-8)24(26)27/h1-7,14H,(H,19,25)(H,17,20,22)/t14-/m1/s1. The first kappa shape index (κ1) is 16.3. The van der Waals surface area contributed by atoms with Crippen molar-refractivity contribution in [1.29, 1.82) is 0 Å². The maximum atomic E-state index is 12.5. The van der Waals surface area contributed by atoms with E-state index >= 15 is 0 Å². The fourth-order valence-corrected chi connectivity index (χ4v) is 3.98. The van der Waals surface area contributed by atoms with Crippen LogP contribution in [0.2, 0.25) is 0 Å². The minimum absolute atomic E-state index is 0.0670. The number of aromatic amines is 1. The van der Waals surface area contributed by atoms with Crippen LogP contribution in [0.25, 0.3) is 10.6 Å². The number of nitro groups is 1. The molecule has 5 rings (SSSR count). The topological polar surface area (TPSA) is 145 Å². The molecule has 28 heavy (non-hydrogen) atoms. The van der Waals surface area contributed by atoms with E-state index in [0.29, 0.717) is 16.8 Å². The van der Waals surface area contributed by atoms with Crippen molar-refractivity contribution < 1.29 is 4.92 Å². The number of rotatable bonds is 3. The van der Waals surface area contributed by atoms with Crippen LogP contribution < -0.4 is 10.9 Å². The van der Waals surface area contributed by atoms with Gasteiger partial charge >= 0.3 is 0 Å². The Bertz CT molecular complexity index is 1260. The zero-order chi connectivity index (χ0) is 19.3. The van der Waals surface area contributed by atoms with E-state index in [0.717, 1.165) is 4.88 Å². The third-order valence-corrected chi connectivity index (χ3v) is 5.30. The van der Waals surface area contributed by atoms with Crippen LogP contribution in [0.4, 0.5) is 17.3 Å². The fourth-order valence-electron chi connectivity index (χ4n) is 3.26. The first-order valence-corrected chi connectivity index (χ1v) is 8.97. The highest BCUT2D eigenvalue weighted by Crippen LogP contribution is 2.42. The zero-order valence-corrected chi connectivity index (χ0v) is 14.8. The Kier molecular flexibility index (Phi) is 3.52. The van der Waals surface area contributed by atoms with Crippen LogP contribution in [0.1, 0.15) is 17.2 Å². The molecule has 1 aliphatic rings. The number of benzene rings is 1. The van der Waals surface area contributed by atoms with Gasteiger partial charge in [0, 0.05) is 17.7 Å². The van der Waals surface area contributed by atoms with E-state index < -0.39 is 16.5 Å². The number of fused-ring (bicyclic) bond motifs is 2. The molecule has 11 nitrogen and oxygen atoms in total. The van der Waals surface area contributed by atoms with Crippen LogP contribution >= 0.6 is 11.3 Å². The SMILES string of the molecule is O=c1[nH]nc(-c2cccs2)c2c1Nc1nnnn1[C@@H]2c1cccc([N+](=O)[O-])c1. The van der Waals surface area contributed by atoms with Gasteiger partial charge in [-0.3, -0.25) is 14.9 Å². The highest BCUT2D eigenvalue weighted by Gasteiger charge is 2.35. The van der Waals surface area contributed by atoms with Crippen LogP contribution in [0, 0.1) is 10.1 Å². The number of hydrogen-bond acceptors (Lipinski definition) is 9. The van der Waals surface area contributed by atoms with Crippen molar-refractivity contribution >= 4 is 28.7 Å². The second-order valence-electron chi connectivity index (χ2n) is 5.99. The number of aromatic nitrogens is 6. The van der Waals surface area contributed by atoms with Crippen molar-refractivity contribution in [2.45, 2.75) is 6.04 Å². The van der Waals surface area contributed by atoms with Crippen LogP contribution in [-0.2, 0) is 0 Å². The summed E-state index contributed by atoms with van der Waals surface area (Å²) in [7, 11) is 0. The summed E-state index contributed by atoms with van der Waals surface area (Å²) in [5.74, 6) is 0.262. The lowest BCUT2D eigenvalue weighted by atomic mass is 9.94. The van der Waals surface area contributed by atoms with Gasteiger partial charge in [0.05, 0.1) is 9.80 Å². The molecule has 2 N–H and O–H groups in total. The van der Waals surface area contributed by atoms with Crippen LogP contribution in [0.15, 0.2) is 46.6 Å². The molecular weight excluding hydrogens is 384 g/mol. The van der Waals surface area contributed by atoms with Crippen molar-refractivity contribution in [3.8, 4) is 10.6 Å². The van der Waals surface area contributed by atoms with E-state index in [4.69, 9.17) is 0 Å². The highest BCUT2D eigenvalue weighted by molar-refractivity contribution is 7.13. The van der Waals surface area contributed by atoms with Crippen LogP contribution in [0.3, 0.4) is 0 Å². The minimum Gasteiger partial charge on any atom is -0.318 e. The van der Waals surface area contributed by atoms with Crippen LogP contribution in [0.5, 0.6) is 0 Å². The van der Waals surface area contributed by atoms with Gasteiger partial charge in [0.25, 0.3) is 11.2 Å². The molecule has 0 radical (unpaired) electrons. The summed E-state index contributed by atoms with van der Waals surface area (Å²) < 4.78 is 1.49. The Hall–Kier alpha value is -3.93. The molecule has 0 spiro atoms. The molecule has 0 saturated heterocycles. The van der Waals surface area contributed by atoms with Gasteiger partial charge in [-0.25, -0.2) is 5.10 Å². The van der Waals surface area contributed by atoms with Crippen molar-refractivity contribution in [3.63, 3.8) is 0 Å². The molecule has 138 valence electrons. The number of nitrogens with zero attached hydrogens (tertiary/aromatic N) is 6. The van der Waals surface area contributed by atoms with Crippen molar-refractivity contribution in [1.82, 2.24) is 30.4 Å². The molecule has 0 aliphatic carbocycles. The number of H-pyrrole nitrogens is 1. The normalized spacial score (nSPS) is 14.8. The smallest absolute Gasteiger partial charge is 0.288 e. The Morgan fingerprint density at radius 1 is 1.25 bits per heavy atom. The summed E-state index contributed by atoms with van der Waals surface area (Å²) in [4.78, 5) is 24.1. The van der Waals surface area contributed by atoms with Gasteiger partial charge in [-0.2, -0.15) is 9.78 Å². The predicted octanol–water partition coefficient (Wildman–Crippen LogP) is 2.09. The molecule has 0 bridgehead atoms. The van der Waals surface area contributed by atoms with Gasteiger partial charge in [0.1, 0.15) is 17.4 Å². The van der Waals surface area contributed by atoms with Crippen molar-refractivity contribution in [2.75, 3.05) is 5.32 Å². The summed E-state index contributed by atoms with van der Waals surface area (Å²) in [5, 5.41) is 34.5. The Labute approximate surface area is 159 Å². The summed E-state index contributed by atoms with van der Waals surface area (Å²) in [6.07, 6.45) is 0. The summed E-state index contributed by atoms with van der Waals surface area (Å²) >= 11 is 1.46.